The first kappa shape index (κ1) is 23.2. The number of benzene rings is 2. The van der Waals surface area contributed by atoms with E-state index in [1.807, 2.05) is 0 Å². The SMILES string of the molecule is Cc1cc(Cl)cc(-c2ccc(CN(C[C@H](O)C(=O)O)NC(=O)c3cc(O)no3)cc2)c1F. The molecular formula is C21H19ClFN3O6. The number of rotatable bonds is 8. The van der Waals surface area contributed by atoms with Gasteiger partial charge in [-0.15, -0.1) is 0 Å². The Morgan fingerprint density at radius 2 is 1.94 bits per heavy atom. The van der Waals surface area contributed by atoms with Crippen molar-refractivity contribution in [1.82, 2.24) is 15.6 Å². The summed E-state index contributed by atoms with van der Waals surface area (Å²) in [6.45, 7) is 1.18. The van der Waals surface area contributed by atoms with Crippen LogP contribution in [0.5, 0.6) is 5.88 Å². The Kier molecular flexibility index (Phi) is 7.08. The third kappa shape index (κ3) is 5.61. The zero-order valence-corrected chi connectivity index (χ0v) is 17.5. The largest absolute Gasteiger partial charge is 0.491 e. The van der Waals surface area contributed by atoms with Gasteiger partial charge >= 0.3 is 11.9 Å². The first-order valence-corrected chi connectivity index (χ1v) is 9.69. The van der Waals surface area contributed by atoms with Gasteiger partial charge in [0.05, 0.1) is 12.6 Å². The second kappa shape index (κ2) is 9.77. The van der Waals surface area contributed by atoms with Crippen LogP contribution in [-0.2, 0) is 11.3 Å². The molecule has 4 N–H and O–H groups in total. The third-order valence-electron chi connectivity index (χ3n) is 4.52. The number of aryl methyl sites for hydroxylation is 1. The van der Waals surface area contributed by atoms with E-state index in [4.69, 9.17) is 16.7 Å². The van der Waals surface area contributed by atoms with Crippen molar-refractivity contribution in [3.8, 4) is 17.0 Å². The second-order valence-corrected chi connectivity index (χ2v) is 7.44. The van der Waals surface area contributed by atoms with Crippen molar-refractivity contribution in [3.63, 3.8) is 0 Å². The van der Waals surface area contributed by atoms with E-state index < -0.39 is 36.2 Å². The zero-order valence-electron chi connectivity index (χ0n) is 16.7. The second-order valence-electron chi connectivity index (χ2n) is 7.01. The van der Waals surface area contributed by atoms with Gasteiger partial charge in [-0.25, -0.2) is 14.2 Å². The van der Waals surface area contributed by atoms with Gasteiger partial charge in [-0.1, -0.05) is 35.9 Å². The van der Waals surface area contributed by atoms with Gasteiger partial charge in [-0.2, -0.15) is 0 Å². The number of amides is 1. The molecule has 0 unspecified atom stereocenters. The monoisotopic (exact) mass is 463 g/mol. The van der Waals surface area contributed by atoms with Crippen molar-refractivity contribution in [3.05, 3.63) is 70.2 Å². The molecule has 0 aliphatic carbocycles. The minimum atomic E-state index is -1.78. The molecular weight excluding hydrogens is 445 g/mol. The summed E-state index contributed by atoms with van der Waals surface area (Å²) in [7, 11) is 0. The van der Waals surface area contributed by atoms with E-state index in [1.54, 1.807) is 31.2 Å². The quantitative estimate of drug-likeness (QED) is 0.374. The highest BCUT2D eigenvalue weighted by molar-refractivity contribution is 6.31. The molecule has 1 aromatic heterocycles. The number of aromatic hydroxyl groups is 1. The van der Waals surface area contributed by atoms with Gasteiger partial charge in [0.1, 0.15) is 5.82 Å². The number of carboxylic acid groups (broad SMARTS) is 1. The summed E-state index contributed by atoms with van der Waals surface area (Å²) in [4.78, 5) is 23.3. The maximum atomic E-state index is 14.5. The zero-order chi connectivity index (χ0) is 23.4. The molecule has 0 saturated heterocycles. The minimum absolute atomic E-state index is 0.00748. The van der Waals surface area contributed by atoms with Crippen LogP contribution >= 0.6 is 11.6 Å². The number of halogens is 2. The number of carboxylic acids is 1. The van der Waals surface area contributed by atoms with E-state index in [2.05, 4.69) is 15.1 Å². The van der Waals surface area contributed by atoms with Gasteiger partial charge in [0.25, 0.3) is 5.88 Å². The molecule has 168 valence electrons. The van der Waals surface area contributed by atoms with Crippen molar-refractivity contribution >= 4 is 23.5 Å². The first-order valence-electron chi connectivity index (χ1n) is 9.31. The summed E-state index contributed by atoms with van der Waals surface area (Å²) in [5, 5.41) is 32.7. The van der Waals surface area contributed by atoms with Crippen molar-refractivity contribution < 1.29 is 33.8 Å². The number of hydrazine groups is 1. The number of nitrogens with one attached hydrogen (secondary N) is 1. The van der Waals surface area contributed by atoms with Crippen molar-refractivity contribution in [2.45, 2.75) is 19.6 Å². The number of aromatic nitrogens is 1. The number of aliphatic hydroxyl groups is 1. The Morgan fingerprint density at radius 1 is 1.25 bits per heavy atom. The fraction of sp³-hybridized carbons (Fsp3) is 0.190. The highest BCUT2D eigenvalue weighted by atomic mass is 35.5. The number of carbonyl (C=O) groups is 2. The van der Waals surface area contributed by atoms with Crippen LogP contribution in [0.1, 0.15) is 21.7 Å². The fourth-order valence-corrected chi connectivity index (χ4v) is 3.23. The van der Waals surface area contributed by atoms with E-state index >= 15 is 0 Å². The molecule has 2 aromatic carbocycles. The normalized spacial score (nSPS) is 12.0. The van der Waals surface area contributed by atoms with Gasteiger partial charge in [-0.3, -0.25) is 10.2 Å². The lowest BCUT2D eigenvalue weighted by atomic mass is 10.0. The molecule has 32 heavy (non-hydrogen) atoms. The summed E-state index contributed by atoms with van der Waals surface area (Å²) >= 11 is 6.03. The average molecular weight is 464 g/mol. The Balaban J connectivity index is 1.79. The molecule has 0 fully saturated rings. The van der Waals surface area contributed by atoms with E-state index in [-0.39, 0.29) is 12.3 Å². The summed E-state index contributed by atoms with van der Waals surface area (Å²) < 4.78 is 19.1. The van der Waals surface area contributed by atoms with E-state index in [9.17, 15) is 24.2 Å². The molecule has 9 nitrogen and oxygen atoms in total. The van der Waals surface area contributed by atoms with Crippen LogP contribution < -0.4 is 5.43 Å². The van der Waals surface area contributed by atoms with Gasteiger partial charge in [0.2, 0.25) is 5.76 Å². The summed E-state index contributed by atoms with van der Waals surface area (Å²) in [5.41, 5.74) is 4.35. The van der Waals surface area contributed by atoms with Crippen molar-refractivity contribution in [1.29, 1.82) is 0 Å². The van der Waals surface area contributed by atoms with Crippen LogP contribution in [0.4, 0.5) is 4.39 Å². The molecule has 1 heterocycles. The van der Waals surface area contributed by atoms with Gasteiger partial charge in [0, 0.05) is 17.1 Å². The standard InChI is InChI=1S/C21H19ClFN3O6/c1-11-6-14(22)7-15(19(11)23)13-4-2-12(3-5-13)9-26(10-16(27)21(30)31)24-20(29)17-8-18(28)25-32-17/h2-8,16,27H,9-10H2,1H3,(H,24,29)(H,25,28)(H,30,31)/t16-/m0/s1. The lowest BCUT2D eigenvalue weighted by Crippen LogP contribution is -2.47. The van der Waals surface area contributed by atoms with E-state index in [1.165, 1.54) is 17.1 Å². The minimum Gasteiger partial charge on any atom is -0.491 e. The van der Waals surface area contributed by atoms with Gasteiger partial charge < -0.3 is 19.8 Å². The Morgan fingerprint density at radius 3 is 2.53 bits per heavy atom. The molecule has 1 amide bonds. The summed E-state index contributed by atoms with van der Waals surface area (Å²) in [6, 6.07) is 10.7. The molecule has 3 rings (SSSR count). The van der Waals surface area contributed by atoms with Crippen LogP contribution in [0, 0.1) is 12.7 Å². The van der Waals surface area contributed by atoms with Gasteiger partial charge in [0.15, 0.2) is 6.10 Å². The average Bonchev–Trinajstić information content (AvgIpc) is 3.17. The van der Waals surface area contributed by atoms with Crippen LogP contribution in [0.25, 0.3) is 11.1 Å². The molecule has 0 spiro atoms. The Hall–Kier alpha value is -3.47. The maximum absolute atomic E-state index is 14.5. The topological polar surface area (TPSA) is 136 Å². The van der Waals surface area contributed by atoms with Crippen LogP contribution in [0.15, 0.2) is 47.0 Å². The Bertz CT molecular complexity index is 1140. The predicted octanol–water partition coefficient (Wildman–Crippen LogP) is 2.74. The number of hydrogen-bond donors (Lipinski definition) is 4. The molecule has 0 radical (unpaired) electrons. The van der Waals surface area contributed by atoms with E-state index in [0.29, 0.717) is 27.3 Å². The molecule has 0 aliphatic rings. The maximum Gasteiger partial charge on any atom is 0.333 e. The smallest absolute Gasteiger partial charge is 0.333 e. The van der Waals surface area contributed by atoms with Crippen molar-refractivity contribution in [2.75, 3.05) is 6.54 Å². The molecule has 0 bridgehead atoms. The number of hydrogen-bond acceptors (Lipinski definition) is 7. The van der Waals surface area contributed by atoms with Gasteiger partial charge in [-0.05, 0) is 40.9 Å². The van der Waals surface area contributed by atoms with Crippen molar-refractivity contribution in [2.24, 2.45) is 0 Å². The Labute approximate surface area is 186 Å². The lowest BCUT2D eigenvalue weighted by molar-refractivity contribution is -0.148. The summed E-state index contributed by atoms with van der Waals surface area (Å²) in [6.07, 6.45) is -1.78. The number of aliphatic hydroxyl groups excluding tert-OH is 1. The highest BCUT2D eigenvalue weighted by Crippen LogP contribution is 2.29. The molecule has 0 saturated carbocycles. The summed E-state index contributed by atoms with van der Waals surface area (Å²) in [5.74, 6) is -3.46. The molecule has 3 aromatic rings. The lowest BCUT2D eigenvalue weighted by Gasteiger charge is -2.24. The number of aliphatic carboxylic acids is 1. The van der Waals surface area contributed by atoms with E-state index in [0.717, 1.165) is 6.07 Å². The van der Waals surface area contributed by atoms with Crippen LogP contribution in [0.2, 0.25) is 5.02 Å². The highest BCUT2D eigenvalue weighted by Gasteiger charge is 2.22. The van der Waals surface area contributed by atoms with Crippen LogP contribution in [-0.4, -0.2) is 50.0 Å². The predicted molar refractivity (Wildman–Crippen MR) is 111 cm³/mol. The number of carbonyl (C=O) groups excluding carboxylic acids is 1. The molecule has 11 heteroatoms. The first-order chi connectivity index (χ1) is 15.1. The third-order valence-corrected chi connectivity index (χ3v) is 4.74. The molecule has 0 aliphatic heterocycles. The number of nitrogens with zero attached hydrogens (tertiary/aromatic N) is 2. The fourth-order valence-electron chi connectivity index (χ4n) is 2.95. The molecule has 1 atom stereocenters. The van der Waals surface area contributed by atoms with Crippen LogP contribution in [0.3, 0.4) is 0 Å².